The molecule has 1 amide bonds. The van der Waals surface area contributed by atoms with Gasteiger partial charge in [-0.2, -0.15) is 0 Å². The molecular weight excluding hydrogens is 218 g/mol. The van der Waals surface area contributed by atoms with E-state index in [9.17, 15) is 4.79 Å². The second kappa shape index (κ2) is 5.11. The van der Waals surface area contributed by atoms with Crippen molar-refractivity contribution in [2.45, 2.75) is 13.0 Å². The number of carbonyl (C=O) groups excluding carboxylic acids is 1. The first-order chi connectivity index (χ1) is 8.19. The molecule has 6 heteroatoms. The predicted molar refractivity (Wildman–Crippen MR) is 64.6 cm³/mol. The first-order valence-corrected chi connectivity index (χ1v) is 5.63. The number of carbonyl (C=O) groups is 1. The van der Waals surface area contributed by atoms with E-state index in [1.54, 1.807) is 6.07 Å². The number of amides is 1. The van der Waals surface area contributed by atoms with E-state index in [0.29, 0.717) is 5.82 Å². The molecule has 1 saturated heterocycles. The van der Waals surface area contributed by atoms with Crippen molar-refractivity contribution in [3.8, 4) is 0 Å². The largest absolute Gasteiger partial charge is 0.369 e. The molecule has 0 bridgehead atoms. The molecule has 1 unspecified atom stereocenters. The summed E-state index contributed by atoms with van der Waals surface area (Å²) in [7, 11) is 0. The Morgan fingerprint density at radius 2 is 2.41 bits per heavy atom. The van der Waals surface area contributed by atoms with Gasteiger partial charge >= 0.3 is 0 Å². The molecule has 1 aliphatic heterocycles. The van der Waals surface area contributed by atoms with Crippen molar-refractivity contribution in [3.63, 3.8) is 0 Å². The highest BCUT2D eigenvalue weighted by Gasteiger charge is 2.26. The number of nitrogens with zero attached hydrogens (tertiary/aromatic N) is 2. The van der Waals surface area contributed by atoms with E-state index >= 15 is 0 Å². The van der Waals surface area contributed by atoms with E-state index < -0.39 is 0 Å². The highest BCUT2D eigenvalue weighted by Crippen LogP contribution is 2.18. The van der Waals surface area contributed by atoms with Gasteiger partial charge in [0.15, 0.2) is 0 Å². The summed E-state index contributed by atoms with van der Waals surface area (Å²) in [6.07, 6.45) is 0.837. The van der Waals surface area contributed by atoms with Crippen molar-refractivity contribution in [1.82, 2.24) is 9.88 Å². The number of nitrogens with two attached hydrogens (primary N) is 2. The van der Waals surface area contributed by atoms with Gasteiger partial charge in [-0.3, -0.25) is 9.69 Å². The van der Waals surface area contributed by atoms with Crippen molar-refractivity contribution < 1.29 is 4.79 Å². The minimum Gasteiger partial charge on any atom is -0.369 e. The van der Waals surface area contributed by atoms with Crippen molar-refractivity contribution in [3.05, 3.63) is 23.9 Å². The van der Waals surface area contributed by atoms with Gasteiger partial charge in [-0.1, -0.05) is 6.07 Å². The van der Waals surface area contributed by atoms with Crippen LogP contribution in [0.4, 0.5) is 5.82 Å². The number of likely N-dealkylation sites (tertiary alicyclic amines) is 1. The maximum absolute atomic E-state index is 11.1. The molecule has 1 aliphatic rings. The minimum absolute atomic E-state index is 0.0224. The third kappa shape index (κ3) is 2.92. The van der Waals surface area contributed by atoms with Crippen LogP contribution in [0.1, 0.15) is 12.1 Å². The van der Waals surface area contributed by atoms with Crippen LogP contribution >= 0.6 is 0 Å². The lowest BCUT2D eigenvalue weighted by Crippen LogP contribution is -2.27. The van der Waals surface area contributed by atoms with E-state index in [1.807, 2.05) is 12.1 Å². The van der Waals surface area contributed by atoms with Gasteiger partial charge in [-0.05, 0) is 25.1 Å². The lowest BCUT2D eigenvalue weighted by Gasteiger charge is -2.15. The fraction of sp³-hybridized carbons (Fsp3) is 0.455. The van der Waals surface area contributed by atoms with Crippen LogP contribution in [0.5, 0.6) is 0 Å². The molecule has 1 fully saturated rings. The van der Waals surface area contributed by atoms with Crippen LogP contribution in [-0.4, -0.2) is 28.9 Å². The molecule has 1 aromatic rings. The van der Waals surface area contributed by atoms with E-state index in [-0.39, 0.29) is 11.8 Å². The zero-order chi connectivity index (χ0) is 12.3. The topological polar surface area (TPSA) is 97.3 Å². The standard InChI is InChI=1S/C11H17N5O/c12-11(17)8-4-5-16(6-8)7-9-2-1-3-10(14-9)15-13/h1-3,8H,4-7,13H2,(H2,12,17)(H,14,15). The van der Waals surface area contributed by atoms with Crippen LogP contribution in [0, 0.1) is 5.92 Å². The van der Waals surface area contributed by atoms with Gasteiger partial charge in [-0.25, -0.2) is 10.8 Å². The SMILES string of the molecule is NNc1cccc(CN2CCC(C(N)=O)C2)n1. The minimum atomic E-state index is -0.210. The number of primary amides is 1. The van der Waals surface area contributed by atoms with Crippen LogP contribution in [0.25, 0.3) is 0 Å². The Hall–Kier alpha value is -1.66. The van der Waals surface area contributed by atoms with Gasteiger partial charge in [0.1, 0.15) is 5.82 Å². The first-order valence-electron chi connectivity index (χ1n) is 5.63. The Labute approximate surface area is 100.0 Å². The van der Waals surface area contributed by atoms with Gasteiger partial charge in [0.2, 0.25) is 5.91 Å². The molecule has 1 atom stereocenters. The third-order valence-electron chi connectivity index (χ3n) is 3.01. The van der Waals surface area contributed by atoms with Gasteiger partial charge in [0.25, 0.3) is 0 Å². The van der Waals surface area contributed by atoms with Crippen LogP contribution in [0.3, 0.4) is 0 Å². The lowest BCUT2D eigenvalue weighted by molar-refractivity contribution is -0.121. The summed E-state index contributed by atoms with van der Waals surface area (Å²) >= 11 is 0. The number of hydrazine groups is 1. The van der Waals surface area contributed by atoms with E-state index in [4.69, 9.17) is 11.6 Å². The molecule has 92 valence electrons. The summed E-state index contributed by atoms with van der Waals surface area (Å²) < 4.78 is 0. The van der Waals surface area contributed by atoms with E-state index in [2.05, 4.69) is 15.3 Å². The Morgan fingerprint density at radius 1 is 1.59 bits per heavy atom. The summed E-state index contributed by atoms with van der Waals surface area (Å²) in [6, 6.07) is 5.65. The fourth-order valence-corrected chi connectivity index (χ4v) is 2.09. The molecule has 0 radical (unpaired) electrons. The van der Waals surface area contributed by atoms with Crippen LogP contribution < -0.4 is 17.0 Å². The number of anilines is 1. The van der Waals surface area contributed by atoms with Gasteiger partial charge in [0.05, 0.1) is 11.6 Å². The second-order valence-corrected chi connectivity index (χ2v) is 4.28. The molecule has 5 N–H and O–H groups in total. The summed E-state index contributed by atoms with van der Waals surface area (Å²) in [5, 5.41) is 0. The smallest absolute Gasteiger partial charge is 0.221 e. The van der Waals surface area contributed by atoms with Crippen LogP contribution in [0.2, 0.25) is 0 Å². The lowest BCUT2D eigenvalue weighted by atomic mass is 10.1. The van der Waals surface area contributed by atoms with Gasteiger partial charge in [0, 0.05) is 13.1 Å². The molecule has 0 saturated carbocycles. The molecule has 0 spiro atoms. The first kappa shape index (κ1) is 11.8. The monoisotopic (exact) mass is 235 g/mol. The van der Waals surface area contributed by atoms with Crippen molar-refractivity contribution in [2.24, 2.45) is 17.5 Å². The van der Waals surface area contributed by atoms with Gasteiger partial charge in [-0.15, -0.1) is 0 Å². The number of pyridine rings is 1. The highest BCUT2D eigenvalue weighted by molar-refractivity contribution is 5.77. The molecular formula is C11H17N5O. The Morgan fingerprint density at radius 3 is 3.06 bits per heavy atom. The maximum atomic E-state index is 11.1. The third-order valence-corrected chi connectivity index (χ3v) is 3.01. The second-order valence-electron chi connectivity index (χ2n) is 4.28. The summed E-state index contributed by atoms with van der Waals surface area (Å²) in [5.41, 5.74) is 8.74. The molecule has 17 heavy (non-hydrogen) atoms. The highest BCUT2D eigenvalue weighted by atomic mass is 16.1. The molecule has 2 heterocycles. The Balaban J connectivity index is 1.95. The zero-order valence-electron chi connectivity index (χ0n) is 9.60. The fourth-order valence-electron chi connectivity index (χ4n) is 2.09. The molecule has 0 aliphatic carbocycles. The van der Waals surface area contributed by atoms with Crippen molar-refractivity contribution >= 4 is 11.7 Å². The number of hydrogen-bond acceptors (Lipinski definition) is 5. The Bertz CT molecular complexity index is 409. The molecule has 2 rings (SSSR count). The maximum Gasteiger partial charge on any atom is 0.221 e. The van der Waals surface area contributed by atoms with Crippen LogP contribution in [-0.2, 0) is 11.3 Å². The number of aromatic nitrogens is 1. The normalized spacial score (nSPS) is 20.4. The zero-order valence-corrected chi connectivity index (χ0v) is 9.60. The summed E-state index contributed by atoms with van der Waals surface area (Å²) in [5.74, 6) is 5.72. The average Bonchev–Trinajstić information content (AvgIpc) is 2.78. The van der Waals surface area contributed by atoms with Crippen molar-refractivity contribution in [2.75, 3.05) is 18.5 Å². The summed E-state index contributed by atoms with van der Waals surface area (Å²) in [6.45, 7) is 2.33. The molecule has 1 aromatic heterocycles. The number of rotatable bonds is 4. The molecule has 0 aromatic carbocycles. The van der Waals surface area contributed by atoms with E-state index in [0.717, 1.165) is 31.7 Å². The average molecular weight is 235 g/mol. The number of nitrogens with one attached hydrogen (secondary N) is 1. The van der Waals surface area contributed by atoms with Gasteiger partial charge < -0.3 is 11.2 Å². The van der Waals surface area contributed by atoms with E-state index in [1.165, 1.54) is 0 Å². The quantitative estimate of drug-likeness (QED) is 0.490. The number of nitrogen functional groups attached to an aromatic ring is 1. The molecule has 6 nitrogen and oxygen atoms in total. The van der Waals surface area contributed by atoms with Crippen LogP contribution in [0.15, 0.2) is 18.2 Å². The Kier molecular flexibility index (Phi) is 3.55. The predicted octanol–water partition coefficient (Wildman–Crippen LogP) is -0.326. The van der Waals surface area contributed by atoms with Crippen molar-refractivity contribution in [1.29, 1.82) is 0 Å². The summed E-state index contributed by atoms with van der Waals surface area (Å²) in [4.78, 5) is 17.6. The number of hydrogen-bond donors (Lipinski definition) is 3.